The highest BCUT2D eigenvalue weighted by molar-refractivity contribution is 9.10. The minimum Gasteiger partial charge on any atom is -0.493 e. The second-order valence-corrected chi connectivity index (χ2v) is 7.50. The Morgan fingerprint density at radius 3 is 2.59 bits per heavy atom. The van der Waals surface area contributed by atoms with Crippen molar-refractivity contribution in [2.75, 3.05) is 13.7 Å². The molecular weight excluding hydrogens is 478 g/mol. The average molecular weight is 495 g/mol. The number of hydrogen-bond donors (Lipinski definition) is 0. The fourth-order valence-electron chi connectivity index (χ4n) is 2.45. The van der Waals surface area contributed by atoms with Gasteiger partial charge in [-0.3, -0.25) is 0 Å². The van der Waals surface area contributed by atoms with Crippen LogP contribution in [0.4, 0.5) is 0 Å². The van der Waals surface area contributed by atoms with Crippen LogP contribution in [0.15, 0.2) is 56.0 Å². The Hall–Kier alpha value is -2.12. The molecule has 2 aromatic rings. The van der Waals surface area contributed by atoms with Gasteiger partial charge in [0.1, 0.15) is 0 Å². The van der Waals surface area contributed by atoms with Crippen molar-refractivity contribution in [2.45, 2.75) is 13.3 Å². The van der Waals surface area contributed by atoms with Crippen LogP contribution < -0.4 is 9.47 Å². The largest absolute Gasteiger partial charge is 0.493 e. The molecule has 7 heteroatoms. The molecule has 0 aliphatic carbocycles. The van der Waals surface area contributed by atoms with Gasteiger partial charge in [0.15, 0.2) is 17.2 Å². The smallest absolute Gasteiger partial charge is 0.363 e. The number of esters is 1. The molecule has 0 atom stereocenters. The zero-order chi connectivity index (χ0) is 19.4. The molecular formula is C20H17Br2NO4. The molecule has 0 spiro atoms. The summed E-state index contributed by atoms with van der Waals surface area (Å²) in [7, 11) is 1.57. The summed E-state index contributed by atoms with van der Waals surface area (Å²) in [4.78, 5) is 16.5. The molecule has 0 amide bonds. The quantitative estimate of drug-likeness (QED) is 0.401. The van der Waals surface area contributed by atoms with Crippen molar-refractivity contribution in [1.29, 1.82) is 0 Å². The molecule has 0 saturated carbocycles. The second-order valence-electron chi connectivity index (χ2n) is 5.73. The van der Waals surface area contributed by atoms with E-state index in [1.165, 1.54) is 0 Å². The van der Waals surface area contributed by atoms with Gasteiger partial charge < -0.3 is 14.2 Å². The summed E-state index contributed by atoms with van der Waals surface area (Å²) in [6.07, 6.45) is 2.55. The van der Waals surface area contributed by atoms with Crippen LogP contribution in [-0.4, -0.2) is 25.6 Å². The van der Waals surface area contributed by atoms with E-state index in [4.69, 9.17) is 14.2 Å². The predicted octanol–water partition coefficient (Wildman–Crippen LogP) is 5.35. The molecule has 1 aliphatic heterocycles. The van der Waals surface area contributed by atoms with E-state index >= 15 is 0 Å². The highest BCUT2D eigenvalue weighted by Crippen LogP contribution is 2.37. The number of nitrogens with zero attached hydrogens (tertiary/aromatic N) is 1. The molecule has 0 unspecified atom stereocenters. The molecule has 5 nitrogen and oxygen atoms in total. The standard InChI is InChI=1S/C20H17Br2NO4/c1-3-8-26-18-15(22)9-12(11-17(18)25-2)10-16-20(24)27-19(23-16)13-4-6-14(21)7-5-13/h4-7,9-11H,3,8H2,1-2H3/b16-10-. The van der Waals surface area contributed by atoms with Gasteiger partial charge >= 0.3 is 5.97 Å². The summed E-state index contributed by atoms with van der Waals surface area (Å²) >= 11 is 6.88. The number of halogens is 2. The fraction of sp³-hybridized carbons (Fsp3) is 0.200. The number of rotatable bonds is 6. The summed E-state index contributed by atoms with van der Waals surface area (Å²) in [6, 6.07) is 11.0. The van der Waals surface area contributed by atoms with Crippen molar-refractivity contribution < 1.29 is 19.0 Å². The van der Waals surface area contributed by atoms with Crippen LogP contribution >= 0.6 is 31.9 Å². The van der Waals surface area contributed by atoms with Crippen molar-refractivity contribution in [3.8, 4) is 11.5 Å². The number of benzene rings is 2. The van der Waals surface area contributed by atoms with E-state index in [1.54, 1.807) is 19.3 Å². The lowest BCUT2D eigenvalue weighted by atomic mass is 10.1. The molecule has 2 aromatic carbocycles. The monoisotopic (exact) mass is 493 g/mol. The number of carbonyl (C=O) groups is 1. The Morgan fingerprint density at radius 2 is 1.93 bits per heavy atom. The Kier molecular flexibility index (Phi) is 6.34. The van der Waals surface area contributed by atoms with Crippen molar-refractivity contribution in [1.82, 2.24) is 0 Å². The highest BCUT2D eigenvalue weighted by atomic mass is 79.9. The van der Waals surface area contributed by atoms with E-state index < -0.39 is 5.97 Å². The number of cyclic esters (lactones) is 1. The van der Waals surface area contributed by atoms with Crippen LogP contribution in [-0.2, 0) is 9.53 Å². The summed E-state index contributed by atoms with van der Waals surface area (Å²) in [5.41, 5.74) is 1.71. The van der Waals surface area contributed by atoms with E-state index in [-0.39, 0.29) is 11.6 Å². The van der Waals surface area contributed by atoms with Gasteiger partial charge in [0.25, 0.3) is 0 Å². The second kappa shape index (κ2) is 8.71. The SMILES string of the molecule is CCCOc1c(Br)cc(/C=C2\N=C(c3ccc(Br)cc3)OC2=O)cc1OC. The summed E-state index contributed by atoms with van der Waals surface area (Å²) in [6.45, 7) is 2.62. The maximum Gasteiger partial charge on any atom is 0.363 e. The maximum atomic E-state index is 12.2. The third-order valence-electron chi connectivity index (χ3n) is 3.72. The van der Waals surface area contributed by atoms with Crippen molar-refractivity contribution in [3.05, 3.63) is 62.2 Å². The first-order chi connectivity index (χ1) is 13.0. The van der Waals surface area contributed by atoms with Crippen LogP contribution in [0.25, 0.3) is 6.08 Å². The van der Waals surface area contributed by atoms with Crippen LogP contribution in [0.2, 0.25) is 0 Å². The van der Waals surface area contributed by atoms with Crippen molar-refractivity contribution in [3.63, 3.8) is 0 Å². The lowest BCUT2D eigenvalue weighted by molar-refractivity contribution is -0.129. The van der Waals surface area contributed by atoms with Gasteiger partial charge in [-0.15, -0.1) is 0 Å². The Bertz CT molecular complexity index is 920. The molecule has 0 saturated heterocycles. The maximum absolute atomic E-state index is 12.2. The van der Waals surface area contributed by atoms with E-state index in [0.29, 0.717) is 18.1 Å². The normalized spacial score (nSPS) is 14.9. The van der Waals surface area contributed by atoms with Crippen molar-refractivity contribution >= 4 is 49.8 Å². The van der Waals surface area contributed by atoms with Crippen LogP contribution in [0.5, 0.6) is 11.5 Å². The molecule has 140 valence electrons. The first-order valence-corrected chi connectivity index (χ1v) is 9.89. The number of aliphatic imine (C=N–C) groups is 1. The average Bonchev–Trinajstić information content (AvgIpc) is 3.01. The van der Waals surface area contributed by atoms with Gasteiger partial charge in [-0.2, -0.15) is 0 Å². The zero-order valence-electron chi connectivity index (χ0n) is 14.8. The summed E-state index contributed by atoms with van der Waals surface area (Å²) < 4.78 is 18.1. The minimum atomic E-state index is -0.491. The third-order valence-corrected chi connectivity index (χ3v) is 4.84. The van der Waals surface area contributed by atoms with Crippen molar-refractivity contribution in [2.24, 2.45) is 4.99 Å². The topological polar surface area (TPSA) is 57.1 Å². The molecule has 0 fully saturated rings. The molecule has 1 aliphatic rings. The van der Waals surface area contributed by atoms with Gasteiger partial charge in [0.05, 0.1) is 18.2 Å². The molecule has 0 aromatic heterocycles. The molecule has 27 heavy (non-hydrogen) atoms. The van der Waals surface area contributed by atoms with Gasteiger partial charge in [-0.05, 0) is 70.4 Å². The number of ether oxygens (including phenoxy) is 3. The Morgan fingerprint density at radius 1 is 1.19 bits per heavy atom. The van der Waals surface area contributed by atoms with Gasteiger partial charge in [0, 0.05) is 10.0 Å². The Balaban J connectivity index is 1.92. The molecule has 3 rings (SSSR count). The number of carbonyl (C=O) groups excluding carboxylic acids is 1. The van der Waals surface area contributed by atoms with Crippen LogP contribution in [0, 0.1) is 0 Å². The van der Waals surface area contributed by atoms with E-state index in [9.17, 15) is 4.79 Å². The highest BCUT2D eigenvalue weighted by Gasteiger charge is 2.24. The predicted molar refractivity (Wildman–Crippen MR) is 111 cm³/mol. The lowest BCUT2D eigenvalue weighted by Crippen LogP contribution is -2.05. The third kappa shape index (κ3) is 4.59. The number of hydrogen-bond acceptors (Lipinski definition) is 5. The van der Waals surface area contributed by atoms with Gasteiger partial charge in [-0.1, -0.05) is 22.9 Å². The lowest BCUT2D eigenvalue weighted by Gasteiger charge is -2.13. The van der Waals surface area contributed by atoms with Crippen LogP contribution in [0.1, 0.15) is 24.5 Å². The van der Waals surface area contributed by atoms with Gasteiger partial charge in [-0.25, -0.2) is 9.79 Å². The molecule has 0 radical (unpaired) electrons. The molecule has 0 bridgehead atoms. The first kappa shape index (κ1) is 19.6. The van der Waals surface area contributed by atoms with E-state index in [1.807, 2.05) is 37.3 Å². The van der Waals surface area contributed by atoms with E-state index in [2.05, 4.69) is 36.9 Å². The Labute approximate surface area is 174 Å². The van der Waals surface area contributed by atoms with Crippen LogP contribution in [0.3, 0.4) is 0 Å². The summed E-state index contributed by atoms with van der Waals surface area (Å²) in [5.74, 6) is 1.00. The zero-order valence-corrected chi connectivity index (χ0v) is 18.0. The summed E-state index contributed by atoms with van der Waals surface area (Å²) in [5, 5.41) is 0. The molecule has 1 heterocycles. The first-order valence-electron chi connectivity index (χ1n) is 8.30. The number of methoxy groups -OCH3 is 1. The van der Waals surface area contributed by atoms with Gasteiger partial charge in [0.2, 0.25) is 5.90 Å². The minimum absolute atomic E-state index is 0.226. The fourth-order valence-corrected chi connectivity index (χ4v) is 3.29. The van der Waals surface area contributed by atoms with E-state index in [0.717, 1.165) is 26.5 Å². The molecule has 0 N–H and O–H groups in total.